The largest absolute Gasteiger partial charge is 0.389 e. The topological polar surface area (TPSA) is 52.9 Å². The molecule has 0 heterocycles. The van der Waals surface area contributed by atoms with Gasteiger partial charge < -0.3 is 14.9 Å². The molecule has 0 aliphatic rings. The van der Waals surface area contributed by atoms with Gasteiger partial charge in [-0.25, -0.2) is 4.39 Å². The molecule has 20 heavy (non-hydrogen) atoms. The second-order valence-electron chi connectivity index (χ2n) is 4.57. The first kappa shape index (κ1) is 16.6. The number of rotatable bonds is 6. The second kappa shape index (κ2) is 8.67. The molecule has 1 aromatic carbocycles. The zero-order valence-electron chi connectivity index (χ0n) is 11.8. The summed E-state index contributed by atoms with van der Waals surface area (Å²) in [7, 11) is 3.33. The van der Waals surface area contributed by atoms with Gasteiger partial charge in [0.1, 0.15) is 12.4 Å². The summed E-state index contributed by atoms with van der Waals surface area (Å²) in [6, 6.07) is 4.72. The number of hydrogen-bond acceptors (Lipinski definition) is 4. The maximum absolute atomic E-state index is 13.9. The van der Waals surface area contributed by atoms with Gasteiger partial charge in [-0.05, 0) is 19.2 Å². The highest BCUT2D eigenvalue weighted by Crippen LogP contribution is 2.12. The predicted molar refractivity (Wildman–Crippen MR) is 74.6 cm³/mol. The highest BCUT2D eigenvalue weighted by molar-refractivity contribution is 5.37. The lowest BCUT2D eigenvalue weighted by Crippen LogP contribution is -2.31. The van der Waals surface area contributed by atoms with E-state index >= 15 is 0 Å². The molecule has 0 bridgehead atoms. The number of aliphatic hydroxyl groups is 2. The van der Waals surface area contributed by atoms with Crippen LogP contribution < -0.4 is 0 Å². The number of hydrogen-bond donors (Lipinski definition) is 2. The fraction of sp³-hybridized carbons (Fsp3) is 0.467. The smallest absolute Gasteiger partial charge is 0.128 e. The summed E-state index contributed by atoms with van der Waals surface area (Å²) in [5, 5.41) is 18.2. The molecule has 2 N–H and O–H groups in total. The standard InChI is InChI=1S/C15H20FNO3/c1-17(10-14(19)11-20-2)9-13-6-5-12(4-3-7-18)8-15(13)16/h5-6,8,14,18-19H,7,9-11H2,1-2H3. The zero-order chi connectivity index (χ0) is 15.0. The maximum Gasteiger partial charge on any atom is 0.128 e. The van der Waals surface area contributed by atoms with Gasteiger partial charge >= 0.3 is 0 Å². The molecule has 5 heteroatoms. The molecule has 0 aliphatic heterocycles. The van der Waals surface area contributed by atoms with Gasteiger partial charge in [0.2, 0.25) is 0 Å². The summed E-state index contributed by atoms with van der Waals surface area (Å²) in [6.45, 7) is 0.797. The molecule has 0 saturated heterocycles. The first-order valence-electron chi connectivity index (χ1n) is 6.30. The Morgan fingerprint density at radius 3 is 2.80 bits per heavy atom. The lowest BCUT2D eigenvalue weighted by atomic mass is 10.1. The molecular formula is C15H20FNO3. The average molecular weight is 281 g/mol. The van der Waals surface area contributed by atoms with Crippen molar-refractivity contribution in [1.29, 1.82) is 0 Å². The quantitative estimate of drug-likeness (QED) is 0.750. The number of ether oxygens (including phenoxy) is 1. The van der Waals surface area contributed by atoms with Gasteiger partial charge in [0, 0.05) is 31.3 Å². The van der Waals surface area contributed by atoms with E-state index in [0.29, 0.717) is 24.2 Å². The summed E-state index contributed by atoms with van der Waals surface area (Å²) in [5.74, 6) is 4.78. The van der Waals surface area contributed by atoms with Crippen molar-refractivity contribution in [3.05, 3.63) is 35.1 Å². The molecule has 0 aromatic heterocycles. The minimum absolute atomic E-state index is 0.247. The van der Waals surface area contributed by atoms with Crippen molar-refractivity contribution in [1.82, 2.24) is 4.90 Å². The third-order valence-corrected chi connectivity index (χ3v) is 2.69. The molecule has 1 unspecified atom stereocenters. The SMILES string of the molecule is COCC(O)CN(C)Cc1ccc(C#CCO)cc1F. The van der Waals surface area contributed by atoms with Crippen LogP contribution in [0, 0.1) is 17.7 Å². The minimum atomic E-state index is -0.595. The van der Waals surface area contributed by atoms with E-state index in [4.69, 9.17) is 9.84 Å². The van der Waals surface area contributed by atoms with Crippen molar-refractivity contribution in [3.8, 4) is 11.8 Å². The highest BCUT2D eigenvalue weighted by Gasteiger charge is 2.10. The summed E-state index contributed by atoms with van der Waals surface area (Å²) in [5.41, 5.74) is 1.06. The van der Waals surface area contributed by atoms with Crippen molar-refractivity contribution in [2.75, 3.05) is 33.9 Å². The molecule has 4 nitrogen and oxygen atoms in total. The number of methoxy groups -OCH3 is 1. The monoisotopic (exact) mass is 281 g/mol. The third kappa shape index (κ3) is 5.68. The molecule has 110 valence electrons. The fourth-order valence-corrected chi connectivity index (χ4v) is 1.86. The van der Waals surface area contributed by atoms with Gasteiger partial charge in [0.15, 0.2) is 0 Å². The average Bonchev–Trinajstić information content (AvgIpc) is 2.39. The molecule has 0 saturated carbocycles. The van der Waals surface area contributed by atoms with E-state index in [1.54, 1.807) is 19.2 Å². The lowest BCUT2D eigenvalue weighted by molar-refractivity contribution is 0.0417. The Hall–Kier alpha value is -1.45. The van der Waals surface area contributed by atoms with Gasteiger partial charge in [-0.2, -0.15) is 0 Å². The first-order valence-corrected chi connectivity index (χ1v) is 6.30. The van der Waals surface area contributed by atoms with Crippen molar-refractivity contribution >= 4 is 0 Å². The highest BCUT2D eigenvalue weighted by atomic mass is 19.1. The lowest BCUT2D eigenvalue weighted by Gasteiger charge is -2.20. The van der Waals surface area contributed by atoms with Crippen LogP contribution >= 0.6 is 0 Å². The predicted octanol–water partition coefficient (Wildman–Crippen LogP) is 0.609. The second-order valence-corrected chi connectivity index (χ2v) is 4.57. The van der Waals surface area contributed by atoms with Crippen LogP contribution in [0.3, 0.4) is 0 Å². The zero-order valence-corrected chi connectivity index (χ0v) is 11.8. The summed E-state index contributed by atoms with van der Waals surface area (Å²) in [6.07, 6.45) is -0.595. The first-order chi connectivity index (χ1) is 9.56. The Labute approximate surface area is 118 Å². The summed E-state index contributed by atoms with van der Waals surface area (Å²) in [4.78, 5) is 1.82. The fourth-order valence-electron chi connectivity index (χ4n) is 1.86. The number of likely N-dealkylation sites (N-methyl/N-ethyl adjacent to an activating group) is 1. The van der Waals surface area contributed by atoms with E-state index in [2.05, 4.69) is 11.8 Å². The van der Waals surface area contributed by atoms with Crippen LogP contribution in [0.4, 0.5) is 4.39 Å². The van der Waals surface area contributed by atoms with Crippen LogP contribution in [-0.4, -0.2) is 55.1 Å². The van der Waals surface area contributed by atoms with Crippen LogP contribution in [0.15, 0.2) is 18.2 Å². The molecule has 0 radical (unpaired) electrons. The number of benzene rings is 1. The van der Waals surface area contributed by atoms with Crippen LogP contribution in [0.1, 0.15) is 11.1 Å². The molecule has 0 aliphatic carbocycles. The van der Waals surface area contributed by atoms with Crippen molar-refractivity contribution in [2.24, 2.45) is 0 Å². The Bertz CT molecular complexity index is 482. The molecule has 1 aromatic rings. The molecule has 0 fully saturated rings. The molecule has 1 atom stereocenters. The van der Waals surface area contributed by atoms with Crippen LogP contribution in [0.25, 0.3) is 0 Å². The van der Waals surface area contributed by atoms with Crippen molar-refractivity contribution < 1.29 is 19.3 Å². The number of aliphatic hydroxyl groups excluding tert-OH is 2. The van der Waals surface area contributed by atoms with E-state index in [9.17, 15) is 9.50 Å². The third-order valence-electron chi connectivity index (χ3n) is 2.69. The maximum atomic E-state index is 13.9. The molecular weight excluding hydrogens is 261 g/mol. The number of nitrogens with zero attached hydrogens (tertiary/aromatic N) is 1. The van der Waals surface area contributed by atoms with Crippen LogP contribution in [0.2, 0.25) is 0 Å². The molecule has 0 spiro atoms. The van der Waals surface area contributed by atoms with Gasteiger partial charge in [0.25, 0.3) is 0 Å². The van der Waals surface area contributed by atoms with E-state index in [0.717, 1.165) is 0 Å². The Balaban J connectivity index is 2.64. The van der Waals surface area contributed by atoms with Gasteiger partial charge in [-0.1, -0.05) is 17.9 Å². The van der Waals surface area contributed by atoms with Gasteiger partial charge in [-0.15, -0.1) is 0 Å². The van der Waals surface area contributed by atoms with Crippen LogP contribution in [0.5, 0.6) is 0 Å². The van der Waals surface area contributed by atoms with E-state index < -0.39 is 6.10 Å². The summed E-state index contributed by atoms with van der Waals surface area (Å²) >= 11 is 0. The Morgan fingerprint density at radius 2 is 2.20 bits per heavy atom. The van der Waals surface area contributed by atoms with E-state index in [-0.39, 0.29) is 19.0 Å². The normalized spacial score (nSPS) is 12.1. The molecule has 0 amide bonds. The number of halogens is 1. The Kier molecular flexibility index (Phi) is 7.20. The van der Waals surface area contributed by atoms with Crippen molar-refractivity contribution in [2.45, 2.75) is 12.6 Å². The Morgan fingerprint density at radius 1 is 1.45 bits per heavy atom. The van der Waals surface area contributed by atoms with E-state index in [1.807, 2.05) is 4.90 Å². The molecule has 1 rings (SSSR count). The van der Waals surface area contributed by atoms with Gasteiger partial charge in [-0.3, -0.25) is 4.90 Å². The van der Waals surface area contributed by atoms with Crippen LogP contribution in [-0.2, 0) is 11.3 Å². The van der Waals surface area contributed by atoms with Crippen molar-refractivity contribution in [3.63, 3.8) is 0 Å². The van der Waals surface area contributed by atoms with E-state index in [1.165, 1.54) is 13.2 Å². The minimum Gasteiger partial charge on any atom is -0.389 e. The van der Waals surface area contributed by atoms with Gasteiger partial charge in [0.05, 0.1) is 12.7 Å². The summed E-state index contributed by atoms with van der Waals surface area (Å²) < 4.78 is 18.7.